The minimum absolute atomic E-state index is 0.230. The molecule has 7 nitrogen and oxygen atoms in total. The molecule has 0 aliphatic carbocycles. The molecule has 1 aliphatic heterocycles. The predicted octanol–water partition coefficient (Wildman–Crippen LogP) is 2.69. The minimum Gasteiger partial charge on any atom is -0.493 e. The van der Waals surface area contributed by atoms with Crippen LogP contribution in [0.4, 0.5) is 4.79 Å². The summed E-state index contributed by atoms with van der Waals surface area (Å²) in [4.78, 5) is 37.3. The number of benzene rings is 1. The molecule has 8 heteroatoms. The van der Waals surface area contributed by atoms with E-state index in [2.05, 4.69) is 4.74 Å². The lowest BCUT2D eigenvalue weighted by atomic mass is 10.1. The highest BCUT2D eigenvalue weighted by Crippen LogP contribution is 2.35. The second kappa shape index (κ2) is 8.06. The maximum atomic E-state index is 12.5. The molecule has 1 unspecified atom stereocenters. The molecule has 1 heterocycles. The first kappa shape index (κ1) is 18.9. The zero-order valence-corrected chi connectivity index (χ0v) is 15.2. The summed E-state index contributed by atoms with van der Waals surface area (Å²) >= 11 is 0.781. The van der Waals surface area contributed by atoms with E-state index in [0.717, 1.165) is 16.7 Å². The van der Waals surface area contributed by atoms with Crippen molar-refractivity contribution < 1.29 is 28.6 Å². The van der Waals surface area contributed by atoms with Gasteiger partial charge >= 0.3 is 5.97 Å². The van der Waals surface area contributed by atoms with Gasteiger partial charge in [-0.25, -0.2) is 4.79 Å². The minimum atomic E-state index is -0.974. The van der Waals surface area contributed by atoms with Crippen molar-refractivity contribution in [2.75, 3.05) is 20.8 Å². The van der Waals surface area contributed by atoms with Crippen LogP contribution < -0.4 is 9.47 Å². The van der Waals surface area contributed by atoms with Crippen LogP contribution in [0.25, 0.3) is 6.08 Å². The maximum absolute atomic E-state index is 12.5. The molecule has 0 spiro atoms. The normalized spacial score (nSPS) is 17.0. The van der Waals surface area contributed by atoms with Crippen LogP contribution in [0.3, 0.4) is 0 Å². The van der Waals surface area contributed by atoms with Gasteiger partial charge in [0, 0.05) is 0 Å². The number of thioether (sulfide) groups is 1. The van der Waals surface area contributed by atoms with Gasteiger partial charge < -0.3 is 14.2 Å². The van der Waals surface area contributed by atoms with Crippen LogP contribution in [-0.4, -0.2) is 48.9 Å². The molecule has 2 rings (SSSR count). The van der Waals surface area contributed by atoms with Gasteiger partial charge in [-0.15, -0.1) is 0 Å². The lowest BCUT2D eigenvalue weighted by Crippen LogP contribution is -2.42. The number of hydrogen-bond donors (Lipinski definition) is 0. The van der Waals surface area contributed by atoms with Crippen LogP contribution in [0.1, 0.15) is 19.4 Å². The smallest absolute Gasteiger partial charge is 0.328 e. The molecule has 0 N–H and O–H groups in total. The summed E-state index contributed by atoms with van der Waals surface area (Å²) < 4.78 is 15.3. The quantitative estimate of drug-likeness (QED) is 0.566. The average Bonchev–Trinajstić information content (AvgIpc) is 2.87. The fourth-order valence-corrected chi connectivity index (χ4v) is 3.20. The summed E-state index contributed by atoms with van der Waals surface area (Å²) in [5, 5.41) is -0.507. The summed E-state index contributed by atoms with van der Waals surface area (Å²) in [5.41, 5.74) is 0.681. The Kier molecular flexibility index (Phi) is 6.08. The number of hydrogen-bond acceptors (Lipinski definition) is 7. The summed E-state index contributed by atoms with van der Waals surface area (Å²) in [5.74, 6) is -0.0550. The van der Waals surface area contributed by atoms with E-state index in [-0.39, 0.29) is 4.91 Å². The molecule has 134 valence electrons. The van der Waals surface area contributed by atoms with Gasteiger partial charge in [-0.1, -0.05) is 6.07 Å². The van der Waals surface area contributed by atoms with Crippen LogP contribution in [0.2, 0.25) is 0 Å². The number of imide groups is 1. The fourth-order valence-electron chi connectivity index (χ4n) is 2.29. The molecule has 1 aromatic carbocycles. The number of nitrogens with zero attached hydrogens (tertiary/aromatic N) is 1. The van der Waals surface area contributed by atoms with Crippen LogP contribution in [0.15, 0.2) is 23.1 Å². The van der Waals surface area contributed by atoms with Crippen LogP contribution in [-0.2, 0) is 14.3 Å². The number of rotatable bonds is 6. The molecule has 25 heavy (non-hydrogen) atoms. The van der Waals surface area contributed by atoms with Crippen molar-refractivity contribution in [2.45, 2.75) is 19.9 Å². The number of amides is 2. The van der Waals surface area contributed by atoms with Gasteiger partial charge in [0.2, 0.25) is 0 Å². The van der Waals surface area contributed by atoms with Gasteiger partial charge in [0.15, 0.2) is 11.5 Å². The molecule has 0 saturated carbocycles. The van der Waals surface area contributed by atoms with Crippen molar-refractivity contribution in [3.8, 4) is 11.5 Å². The highest BCUT2D eigenvalue weighted by molar-refractivity contribution is 8.18. The Morgan fingerprint density at radius 1 is 1.28 bits per heavy atom. The third-order valence-electron chi connectivity index (χ3n) is 3.54. The Hall–Kier alpha value is -2.48. The zero-order chi connectivity index (χ0) is 18.6. The van der Waals surface area contributed by atoms with Crippen molar-refractivity contribution in [3.05, 3.63) is 28.7 Å². The van der Waals surface area contributed by atoms with E-state index < -0.39 is 23.2 Å². The van der Waals surface area contributed by atoms with Crippen molar-refractivity contribution in [3.63, 3.8) is 0 Å². The molecule has 1 aliphatic rings. The predicted molar refractivity (Wildman–Crippen MR) is 93.5 cm³/mol. The van der Waals surface area contributed by atoms with Gasteiger partial charge in [-0.05, 0) is 49.4 Å². The van der Waals surface area contributed by atoms with E-state index in [4.69, 9.17) is 9.47 Å². The van der Waals surface area contributed by atoms with E-state index in [1.165, 1.54) is 21.1 Å². The van der Waals surface area contributed by atoms with Gasteiger partial charge in [-0.3, -0.25) is 14.5 Å². The highest BCUT2D eigenvalue weighted by Gasteiger charge is 2.41. The number of carbonyl (C=O) groups excluding carboxylic acids is 3. The Balaban J connectivity index is 2.30. The van der Waals surface area contributed by atoms with Crippen LogP contribution >= 0.6 is 11.8 Å². The van der Waals surface area contributed by atoms with E-state index in [9.17, 15) is 14.4 Å². The van der Waals surface area contributed by atoms with Crippen molar-refractivity contribution in [1.29, 1.82) is 0 Å². The first-order valence-electron chi connectivity index (χ1n) is 7.58. The molecule has 2 amide bonds. The standard InChI is InChI=1S/C17H19NO6S/c1-5-24-13-8-11(6-7-12(13)22-3)9-14-15(19)18(17(21)25-14)10(2)16(20)23-4/h6-10H,5H2,1-4H3/b14-9+. The van der Waals surface area contributed by atoms with Crippen molar-refractivity contribution in [1.82, 2.24) is 4.90 Å². The van der Waals surface area contributed by atoms with Gasteiger partial charge in [0.1, 0.15) is 6.04 Å². The van der Waals surface area contributed by atoms with Crippen LogP contribution in [0, 0.1) is 0 Å². The molecule has 0 bridgehead atoms. The number of carbonyl (C=O) groups is 3. The Morgan fingerprint density at radius 3 is 2.60 bits per heavy atom. The third kappa shape index (κ3) is 3.96. The summed E-state index contributed by atoms with van der Waals surface area (Å²) in [7, 11) is 2.75. The first-order chi connectivity index (χ1) is 11.9. The van der Waals surface area contributed by atoms with Crippen molar-refractivity contribution >= 4 is 35.0 Å². The van der Waals surface area contributed by atoms with E-state index in [1.807, 2.05) is 6.92 Å². The zero-order valence-electron chi connectivity index (χ0n) is 14.4. The molecule has 1 aromatic rings. The molecular formula is C17H19NO6S. The topological polar surface area (TPSA) is 82.1 Å². The van der Waals surface area contributed by atoms with E-state index >= 15 is 0 Å². The second-order valence-corrected chi connectivity index (χ2v) is 6.09. The van der Waals surface area contributed by atoms with Gasteiger partial charge in [0.25, 0.3) is 11.1 Å². The largest absolute Gasteiger partial charge is 0.493 e. The maximum Gasteiger partial charge on any atom is 0.328 e. The lowest BCUT2D eigenvalue weighted by molar-refractivity contribution is -0.148. The molecule has 0 aromatic heterocycles. The molecule has 1 atom stereocenters. The number of esters is 1. The monoisotopic (exact) mass is 365 g/mol. The Morgan fingerprint density at radius 2 is 2.00 bits per heavy atom. The molecule has 0 radical (unpaired) electrons. The Labute approximate surface area is 149 Å². The van der Waals surface area contributed by atoms with Crippen LogP contribution in [0.5, 0.6) is 11.5 Å². The first-order valence-corrected chi connectivity index (χ1v) is 8.40. The molecular weight excluding hydrogens is 346 g/mol. The van der Waals surface area contributed by atoms with Crippen molar-refractivity contribution in [2.24, 2.45) is 0 Å². The third-order valence-corrected chi connectivity index (χ3v) is 4.42. The molecule has 1 saturated heterocycles. The fraction of sp³-hybridized carbons (Fsp3) is 0.353. The number of methoxy groups -OCH3 is 2. The lowest BCUT2D eigenvalue weighted by Gasteiger charge is -2.18. The molecule has 1 fully saturated rings. The highest BCUT2D eigenvalue weighted by atomic mass is 32.2. The SMILES string of the molecule is CCOc1cc(/C=C2/SC(=O)N(C(C)C(=O)OC)C2=O)ccc1OC. The van der Waals surface area contributed by atoms with Gasteiger partial charge in [-0.2, -0.15) is 0 Å². The number of ether oxygens (including phenoxy) is 3. The van der Waals surface area contributed by atoms with E-state index in [1.54, 1.807) is 24.3 Å². The Bertz CT molecular complexity index is 730. The summed E-state index contributed by atoms with van der Waals surface area (Å²) in [6.45, 7) is 3.77. The second-order valence-electron chi connectivity index (χ2n) is 5.09. The summed E-state index contributed by atoms with van der Waals surface area (Å²) in [6.07, 6.45) is 1.58. The summed E-state index contributed by atoms with van der Waals surface area (Å²) in [6, 6.07) is 4.22. The van der Waals surface area contributed by atoms with Gasteiger partial charge in [0.05, 0.1) is 25.7 Å². The van der Waals surface area contributed by atoms with E-state index in [0.29, 0.717) is 23.7 Å². The average molecular weight is 365 g/mol.